The van der Waals surface area contributed by atoms with Crippen molar-refractivity contribution in [3.8, 4) is 0 Å². The number of benzene rings is 1. The minimum Gasteiger partial charge on any atom is -0.444 e. The van der Waals surface area contributed by atoms with Crippen LogP contribution in [0.5, 0.6) is 0 Å². The SMILES string of the molecule is CC(C)(C)OC(=O)NCCCC(=O)Nc1ccc(Cl)cc1F. The molecule has 0 bridgehead atoms. The third-order valence-corrected chi connectivity index (χ3v) is 2.69. The van der Waals surface area contributed by atoms with Gasteiger partial charge in [0.2, 0.25) is 5.91 Å². The molecule has 1 aromatic carbocycles. The molecule has 0 unspecified atom stereocenters. The van der Waals surface area contributed by atoms with Gasteiger partial charge in [0, 0.05) is 18.0 Å². The molecule has 0 aromatic heterocycles. The number of carbonyl (C=O) groups excluding carboxylic acids is 2. The molecule has 2 amide bonds. The number of nitrogens with one attached hydrogen (secondary N) is 2. The maximum absolute atomic E-state index is 13.5. The maximum atomic E-state index is 13.5. The van der Waals surface area contributed by atoms with Crippen LogP contribution in [0.1, 0.15) is 33.6 Å². The molecule has 2 N–H and O–H groups in total. The fourth-order valence-corrected chi connectivity index (χ4v) is 1.72. The minimum atomic E-state index is -0.590. The summed E-state index contributed by atoms with van der Waals surface area (Å²) in [6, 6.07) is 4.01. The lowest BCUT2D eigenvalue weighted by molar-refractivity contribution is -0.116. The summed E-state index contributed by atoms with van der Waals surface area (Å²) < 4.78 is 18.5. The van der Waals surface area contributed by atoms with Crippen molar-refractivity contribution < 1.29 is 18.7 Å². The number of ether oxygens (including phenoxy) is 1. The molecule has 0 aliphatic carbocycles. The normalized spacial score (nSPS) is 11.0. The quantitative estimate of drug-likeness (QED) is 0.808. The van der Waals surface area contributed by atoms with Crippen LogP contribution in [0, 0.1) is 5.82 Å². The zero-order chi connectivity index (χ0) is 16.8. The highest BCUT2D eigenvalue weighted by Gasteiger charge is 2.15. The van der Waals surface area contributed by atoms with Crippen LogP contribution in [-0.4, -0.2) is 24.1 Å². The smallest absolute Gasteiger partial charge is 0.407 e. The predicted octanol–water partition coefficient (Wildman–Crippen LogP) is 3.72. The number of anilines is 1. The number of halogens is 2. The van der Waals surface area contributed by atoms with Gasteiger partial charge < -0.3 is 15.4 Å². The largest absolute Gasteiger partial charge is 0.444 e. The average Bonchev–Trinajstić information content (AvgIpc) is 2.36. The third-order valence-electron chi connectivity index (χ3n) is 2.45. The molecule has 0 fully saturated rings. The summed E-state index contributed by atoms with van der Waals surface area (Å²) in [6.45, 7) is 5.59. The molecule has 7 heteroatoms. The predicted molar refractivity (Wildman–Crippen MR) is 83.5 cm³/mol. The molecular weight excluding hydrogens is 311 g/mol. The Morgan fingerprint density at radius 3 is 2.59 bits per heavy atom. The molecule has 0 saturated carbocycles. The first kappa shape index (κ1) is 18.2. The molecule has 0 atom stereocenters. The van der Waals surface area contributed by atoms with E-state index < -0.39 is 17.5 Å². The summed E-state index contributed by atoms with van der Waals surface area (Å²) in [7, 11) is 0. The summed E-state index contributed by atoms with van der Waals surface area (Å²) in [4.78, 5) is 23.0. The van der Waals surface area contributed by atoms with E-state index in [0.717, 1.165) is 6.07 Å². The molecule has 0 radical (unpaired) electrons. The van der Waals surface area contributed by atoms with Crippen molar-refractivity contribution in [1.82, 2.24) is 5.32 Å². The molecule has 1 aromatic rings. The van der Waals surface area contributed by atoms with E-state index in [9.17, 15) is 14.0 Å². The Morgan fingerprint density at radius 2 is 2.00 bits per heavy atom. The van der Waals surface area contributed by atoms with E-state index in [1.807, 2.05) is 0 Å². The Hall–Kier alpha value is -1.82. The lowest BCUT2D eigenvalue weighted by Gasteiger charge is -2.19. The number of rotatable bonds is 5. The second kappa shape index (κ2) is 7.98. The fourth-order valence-electron chi connectivity index (χ4n) is 1.56. The molecule has 0 spiro atoms. The lowest BCUT2D eigenvalue weighted by atomic mass is 10.2. The first-order valence-corrected chi connectivity index (χ1v) is 7.27. The minimum absolute atomic E-state index is 0.0782. The Kier molecular flexibility index (Phi) is 6.61. The molecule has 0 heterocycles. The third kappa shape index (κ3) is 7.26. The van der Waals surface area contributed by atoms with Crippen molar-refractivity contribution in [3.05, 3.63) is 29.0 Å². The van der Waals surface area contributed by atoms with Crippen LogP contribution in [0.25, 0.3) is 0 Å². The second-order valence-electron chi connectivity index (χ2n) is 5.70. The van der Waals surface area contributed by atoms with Crippen LogP contribution in [-0.2, 0) is 9.53 Å². The number of hydrogen-bond acceptors (Lipinski definition) is 3. The van der Waals surface area contributed by atoms with Gasteiger partial charge in [0.25, 0.3) is 0 Å². The molecule has 122 valence electrons. The van der Waals surface area contributed by atoms with E-state index in [-0.39, 0.29) is 23.0 Å². The second-order valence-corrected chi connectivity index (χ2v) is 6.14. The van der Waals surface area contributed by atoms with Gasteiger partial charge in [0.1, 0.15) is 11.4 Å². The highest BCUT2D eigenvalue weighted by molar-refractivity contribution is 6.30. The van der Waals surface area contributed by atoms with Crippen molar-refractivity contribution in [3.63, 3.8) is 0 Å². The maximum Gasteiger partial charge on any atom is 0.407 e. The Labute approximate surface area is 134 Å². The van der Waals surface area contributed by atoms with E-state index in [1.54, 1.807) is 20.8 Å². The molecule has 0 aliphatic rings. The zero-order valence-electron chi connectivity index (χ0n) is 12.8. The van der Waals surface area contributed by atoms with Crippen LogP contribution in [0.15, 0.2) is 18.2 Å². The van der Waals surface area contributed by atoms with Crippen LogP contribution in [0.3, 0.4) is 0 Å². The highest BCUT2D eigenvalue weighted by Crippen LogP contribution is 2.19. The number of hydrogen-bond donors (Lipinski definition) is 2. The Bertz CT molecular complexity index is 544. The first-order valence-electron chi connectivity index (χ1n) is 6.89. The summed E-state index contributed by atoms with van der Waals surface area (Å²) in [6.07, 6.45) is 0.0367. The van der Waals surface area contributed by atoms with Crippen LogP contribution in [0.2, 0.25) is 5.02 Å². The highest BCUT2D eigenvalue weighted by atomic mass is 35.5. The van der Waals surface area contributed by atoms with Crippen molar-refractivity contribution in [1.29, 1.82) is 0 Å². The lowest BCUT2D eigenvalue weighted by Crippen LogP contribution is -2.33. The molecular formula is C15H20ClFN2O3. The van der Waals surface area contributed by atoms with Gasteiger partial charge in [-0.3, -0.25) is 4.79 Å². The van der Waals surface area contributed by atoms with E-state index in [1.165, 1.54) is 12.1 Å². The Morgan fingerprint density at radius 1 is 1.32 bits per heavy atom. The van der Waals surface area contributed by atoms with E-state index in [2.05, 4.69) is 10.6 Å². The summed E-state index contributed by atoms with van der Waals surface area (Å²) in [5.41, 5.74) is -0.484. The van der Waals surface area contributed by atoms with Gasteiger partial charge in [-0.25, -0.2) is 9.18 Å². The monoisotopic (exact) mass is 330 g/mol. The zero-order valence-corrected chi connectivity index (χ0v) is 13.6. The number of alkyl carbamates (subject to hydrolysis) is 1. The van der Waals surface area contributed by atoms with Gasteiger partial charge in [0.15, 0.2) is 0 Å². The number of amides is 2. The molecule has 5 nitrogen and oxygen atoms in total. The van der Waals surface area contributed by atoms with Crippen molar-refractivity contribution in [2.45, 2.75) is 39.2 Å². The van der Waals surface area contributed by atoms with Crippen molar-refractivity contribution in [2.75, 3.05) is 11.9 Å². The van der Waals surface area contributed by atoms with Gasteiger partial charge in [0.05, 0.1) is 5.69 Å². The van der Waals surface area contributed by atoms with Crippen LogP contribution >= 0.6 is 11.6 Å². The van der Waals surface area contributed by atoms with Gasteiger partial charge in [-0.05, 0) is 45.4 Å². The fraction of sp³-hybridized carbons (Fsp3) is 0.467. The van der Waals surface area contributed by atoms with Gasteiger partial charge in [-0.1, -0.05) is 11.6 Å². The average molecular weight is 331 g/mol. The Balaban J connectivity index is 2.28. The first-order chi connectivity index (χ1) is 10.2. The summed E-state index contributed by atoms with van der Waals surface area (Å²) in [5.74, 6) is -0.931. The van der Waals surface area contributed by atoms with Crippen LogP contribution < -0.4 is 10.6 Å². The van der Waals surface area contributed by atoms with Gasteiger partial charge in [-0.2, -0.15) is 0 Å². The van der Waals surface area contributed by atoms with E-state index >= 15 is 0 Å². The van der Waals surface area contributed by atoms with Crippen LogP contribution in [0.4, 0.5) is 14.9 Å². The van der Waals surface area contributed by atoms with Gasteiger partial charge >= 0.3 is 6.09 Å². The van der Waals surface area contributed by atoms with Gasteiger partial charge in [-0.15, -0.1) is 0 Å². The summed E-state index contributed by atoms with van der Waals surface area (Å²) in [5, 5.41) is 5.25. The molecule has 0 aliphatic heterocycles. The molecule has 1 rings (SSSR count). The topological polar surface area (TPSA) is 67.4 Å². The van der Waals surface area contributed by atoms with Crippen molar-refractivity contribution >= 4 is 29.3 Å². The van der Waals surface area contributed by atoms with E-state index in [4.69, 9.17) is 16.3 Å². The van der Waals surface area contributed by atoms with Crippen molar-refractivity contribution in [2.24, 2.45) is 0 Å². The summed E-state index contributed by atoms with van der Waals surface area (Å²) >= 11 is 5.63. The molecule has 0 saturated heterocycles. The molecule has 22 heavy (non-hydrogen) atoms. The van der Waals surface area contributed by atoms with E-state index in [0.29, 0.717) is 13.0 Å². The standard InChI is InChI=1S/C15H20ClFN2O3/c1-15(2,3)22-14(21)18-8-4-5-13(20)19-12-7-6-10(16)9-11(12)17/h6-7,9H,4-5,8H2,1-3H3,(H,18,21)(H,19,20). The number of carbonyl (C=O) groups is 2.